The van der Waals surface area contributed by atoms with Gasteiger partial charge in [-0.1, -0.05) is 54.0 Å². The van der Waals surface area contributed by atoms with Gasteiger partial charge in [0.1, 0.15) is 5.75 Å². The van der Waals surface area contributed by atoms with Gasteiger partial charge in [0.2, 0.25) is 11.6 Å². The smallest absolute Gasteiger partial charge is 0.436 e. The van der Waals surface area contributed by atoms with E-state index in [0.29, 0.717) is 17.3 Å². The molecule has 1 N–H and O–H groups in total. The molecule has 2 aromatic carbocycles. The van der Waals surface area contributed by atoms with Crippen molar-refractivity contribution in [3.63, 3.8) is 0 Å². The summed E-state index contributed by atoms with van der Waals surface area (Å²) in [5.74, 6) is 1.05. The predicted octanol–water partition coefficient (Wildman–Crippen LogP) is 4.51. The largest absolute Gasteiger partial charge is 0.495 e. The highest BCUT2D eigenvalue weighted by Gasteiger charge is 2.50. The zero-order chi connectivity index (χ0) is 19.4. The summed E-state index contributed by atoms with van der Waals surface area (Å²) < 4.78 is 5.28. The van der Waals surface area contributed by atoms with Crippen LogP contribution in [-0.4, -0.2) is 29.8 Å². The number of amides is 1. The summed E-state index contributed by atoms with van der Waals surface area (Å²) in [4.78, 5) is 24.3. The van der Waals surface area contributed by atoms with Crippen LogP contribution in [-0.2, 0) is 9.68 Å². The van der Waals surface area contributed by atoms with Gasteiger partial charge in [-0.2, -0.15) is 0 Å². The second-order valence-corrected chi connectivity index (χ2v) is 6.88. The van der Waals surface area contributed by atoms with E-state index in [-0.39, 0.29) is 0 Å². The van der Waals surface area contributed by atoms with Crippen LogP contribution in [0, 0.1) is 0 Å². The molecule has 1 aliphatic heterocycles. The third-order valence-corrected chi connectivity index (χ3v) is 5.05. The number of nitrogens with zero attached hydrogens (tertiary/aromatic N) is 2. The van der Waals surface area contributed by atoms with Crippen molar-refractivity contribution in [1.82, 2.24) is 5.06 Å². The number of methoxy groups -OCH3 is 1. The Bertz CT molecular complexity index is 863. The number of oxime groups is 1. The van der Waals surface area contributed by atoms with Crippen LogP contribution in [0.1, 0.15) is 37.7 Å². The lowest BCUT2D eigenvalue weighted by molar-refractivity contribution is -0.224. The molecule has 7 heteroatoms. The fourth-order valence-corrected chi connectivity index (χ4v) is 3.64. The highest BCUT2D eigenvalue weighted by atomic mass is 16.8. The number of ether oxygens (including phenoxy) is 1. The molecule has 1 amide bonds. The molecular weight excluding hydrogens is 358 g/mol. The van der Waals surface area contributed by atoms with Crippen molar-refractivity contribution in [2.24, 2.45) is 5.16 Å². The lowest BCUT2D eigenvalue weighted by atomic mass is 9.91. The van der Waals surface area contributed by atoms with E-state index in [9.17, 15) is 4.79 Å². The molecule has 0 atom stereocenters. The lowest BCUT2D eigenvalue weighted by Crippen LogP contribution is -2.51. The number of rotatable bonds is 4. The summed E-state index contributed by atoms with van der Waals surface area (Å²) in [5, 5.41) is 8.55. The molecule has 0 aromatic heterocycles. The number of carbonyl (C=O) groups excluding carboxylic acids is 1. The Labute approximate surface area is 163 Å². The summed E-state index contributed by atoms with van der Waals surface area (Å²) in [7, 11) is 1.55. The maximum atomic E-state index is 12.7. The third kappa shape index (κ3) is 3.47. The molecule has 2 aliphatic rings. The van der Waals surface area contributed by atoms with Crippen molar-refractivity contribution < 1.29 is 19.2 Å². The third-order valence-electron chi connectivity index (χ3n) is 5.05. The van der Waals surface area contributed by atoms with Crippen LogP contribution in [0.4, 0.5) is 10.5 Å². The van der Waals surface area contributed by atoms with Crippen molar-refractivity contribution in [3.8, 4) is 5.75 Å². The Morgan fingerprint density at radius 2 is 1.79 bits per heavy atom. The Balaban J connectivity index is 1.57. The van der Waals surface area contributed by atoms with Gasteiger partial charge in [-0.15, -0.1) is 5.06 Å². The fraction of sp³-hybridized carbons (Fsp3) is 0.333. The SMILES string of the molecule is COc1ccccc1NC(=O)ON1C(c2ccccc2)=NOC12CCCCC2. The summed E-state index contributed by atoms with van der Waals surface area (Å²) >= 11 is 0. The van der Waals surface area contributed by atoms with E-state index in [0.717, 1.165) is 37.7 Å². The first-order chi connectivity index (χ1) is 13.7. The zero-order valence-electron chi connectivity index (χ0n) is 15.8. The molecule has 0 unspecified atom stereocenters. The monoisotopic (exact) mass is 381 g/mol. The highest BCUT2D eigenvalue weighted by Crippen LogP contribution is 2.40. The van der Waals surface area contributed by atoms with Crippen LogP contribution in [0.15, 0.2) is 59.8 Å². The molecule has 0 bridgehead atoms. The summed E-state index contributed by atoms with van der Waals surface area (Å²) in [6.07, 6.45) is 3.98. The molecule has 146 valence electrons. The lowest BCUT2D eigenvalue weighted by Gasteiger charge is -2.37. The van der Waals surface area contributed by atoms with Crippen molar-refractivity contribution >= 4 is 17.6 Å². The molecule has 4 rings (SSSR count). The minimum absolute atomic E-state index is 0.498. The molecule has 2 aromatic rings. The van der Waals surface area contributed by atoms with E-state index in [1.54, 1.807) is 19.2 Å². The van der Waals surface area contributed by atoms with Gasteiger partial charge in [-0.25, -0.2) is 4.79 Å². The van der Waals surface area contributed by atoms with Crippen LogP contribution in [0.5, 0.6) is 5.75 Å². The second-order valence-electron chi connectivity index (χ2n) is 6.88. The van der Waals surface area contributed by atoms with Gasteiger partial charge in [0.25, 0.3) is 0 Å². The molecule has 1 fully saturated rings. The first-order valence-electron chi connectivity index (χ1n) is 9.46. The molecule has 1 saturated carbocycles. The van der Waals surface area contributed by atoms with Gasteiger partial charge in [-0.05, 0) is 25.0 Å². The number of nitrogens with one attached hydrogen (secondary N) is 1. The van der Waals surface area contributed by atoms with Crippen molar-refractivity contribution in [1.29, 1.82) is 0 Å². The minimum Gasteiger partial charge on any atom is -0.495 e. The topological polar surface area (TPSA) is 72.4 Å². The average Bonchev–Trinajstić information content (AvgIpc) is 3.07. The van der Waals surface area contributed by atoms with E-state index in [1.165, 1.54) is 5.06 Å². The van der Waals surface area contributed by atoms with E-state index in [4.69, 9.17) is 14.4 Å². The number of hydrogen-bond donors (Lipinski definition) is 1. The Hall–Kier alpha value is -3.22. The van der Waals surface area contributed by atoms with E-state index >= 15 is 0 Å². The van der Waals surface area contributed by atoms with Crippen LogP contribution in [0.2, 0.25) is 0 Å². The van der Waals surface area contributed by atoms with Crippen LogP contribution < -0.4 is 10.1 Å². The van der Waals surface area contributed by atoms with Gasteiger partial charge in [0.15, 0.2) is 0 Å². The van der Waals surface area contributed by atoms with Crippen molar-refractivity contribution in [2.45, 2.75) is 37.8 Å². The second kappa shape index (κ2) is 7.80. The molecule has 0 radical (unpaired) electrons. The summed E-state index contributed by atoms with van der Waals surface area (Å²) in [5.41, 5.74) is 0.614. The van der Waals surface area contributed by atoms with Crippen molar-refractivity contribution in [3.05, 3.63) is 60.2 Å². The normalized spacial score (nSPS) is 17.6. The number of amidine groups is 1. The van der Waals surface area contributed by atoms with Crippen LogP contribution in [0.25, 0.3) is 0 Å². The predicted molar refractivity (Wildman–Crippen MR) is 105 cm³/mol. The van der Waals surface area contributed by atoms with Gasteiger partial charge in [-0.3, -0.25) is 5.32 Å². The molecular formula is C21H23N3O4. The molecule has 1 heterocycles. The molecule has 1 aliphatic carbocycles. The average molecular weight is 381 g/mol. The van der Waals surface area contributed by atoms with Gasteiger partial charge in [0.05, 0.1) is 12.8 Å². The molecule has 0 saturated heterocycles. The summed E-state index contributed by atoms with van der Waals surface area (Å²) in [6, 6.07) is 16.8. The number of carbonyl (C=O) groups is 1. The Morgan fingerprint density at radius 1 is 1.07 bits per heavy atom. The van der Waals surface area contributed by atoms with E-state index < -0.39 is 11.8 Å². The highest BCUT2D eigenvalue weighted by molar-refractivity contribution is 6.00. The maximum Gasteiger partial charge on any atom is 0.436 e. The molecule has 1 spiro atoms. The number of para-hydroxylation sites is 2. The number of anilines is 1. The van der Waals surface area contributed by atoms with Crippen LogP contribution in [0.3, 0.4) is 0 Å². The van der Waals surface area contributed by atoms with Crippen molar-refractivity contribution in [2.75, 3.05) is 12.4 Å². The van der Waals surface area contributed by atoms with E-state index in [2.05, 4.69) is 10.5 Å². The standard InChI is InChI=1S/C21H23N3O4/c1-26-18-13-7-6-12-17(18)22-20(25)27-24-19(16-10-4-2-5-11-16)23-28-21(24)14-8-3-9-15-21/h2,4-7,10-13H,3,8-9,14-15H2,1H3,(H,22,25). The molecule has 7 nitrogen and oxygen atoms in total. The van der Waals surface area contributed by atoms with E-state index in [1.807, 2.05) is 42.5 Å². The first kappa shape index (κ1) is 18.2. The van der Waals surface area contributed by atoms with Gasteiger partial charge in [0, 0.05) is 18.4 Å². The number of benzene rings is 2. The zero-order valence-corrected chi connectivity index (χ0v) is 15.8. The fourth-order valence-electron chi connectivity index (χ4n) is 3.64. The first-order valence-corrected chi connectivity index (χ1v) is 9.46. The van der Waals surface area contributed by atoms with Crippen LogP contribution >= 0.6 is 0 Å². The van der Waals surface area contributed by atoms with Gasteiger partial charge < -0.3 is 14.4 Å². The summed E-state index contributed by atoms with van der Waals surface area (Å²) in [6.45, 7) is 0. The maximum absolute atomic E-state index is 12.7. The quantitative estimate of drug-likeness (QED) is 0.843. The Morgan fingerprint density at radius 3 is 2.54 bits per heavy atom. The van der Waals surface area contributed by atoms with Gasteiger partial charge >= 0.3 is 6.09 Å². The molecule has 28 heavy (non-hydrogen) atoms. The number of hydrogen-bond acceptors (Lipinski definition) is 6. The minimum atomic E-state index is -0.748. The Kier molecular flexibility index (Phi) is 5.06. The number of hydroxylamine groups is 2.